The van der Waals surface area contributed by atoms with Gasteiger partial charge in [0.2, 0.25) is 0 Å². The van der Waals surface area contributed by atoms with Crippen molar-refractivity contribution in [2.24, 2.45) is 0 Å². The van der Waals surface area contributed by atoms with E-state index in [1.54, 1.807) is 0 Å². The number of hydrogen-bond donors (Lipinski definition) is 2. The van der Waals surface area contributed by atoms with Crippen molar-refractivity contribution in [3.8, 4) is 0 Å². The second-order valence-corrected chi connectivity index (χ2v) is 8.98. The average molecular weight is 383 g/mol. The van der Waals surface area contributed by atoms with Crippen LogP contribution in [-0.2, 0) is 0 Å². The minimum Gasteiger partial charge on any atom is -0.390 e. The van der Waals surface area contributed by atoms with E-state index in [1.807, 2.05) is 0 Å². The Morgan fingerprint density at radius 2 is 0.704 bits per heavy atom. The molecule has 0 spiro atoms. The molecule has 0 radical (unpaired) electrons. The SMILES string of the molecule is OC(CN1CCCCC1)CN1CCCN(CC(O)CN2CCCCC2)CC1. The topological polar surface area (TPSA) is 53.4 Å². The lowest BCUT2D eigenvalue weighted by Gasteiger charge is -2.31. The summed E-state index contributed by atoms with van der Waals surface area (Å²) in [5, 5.41) is 21.0. The van der Waals surface area contributed by atoms with Gasteiger partial charge in [-0.15, -0.1) is 0 Å². The molecule has 2 N–H and O–H groups in total. The minimum atomic E-state index is -0.237. The molecule has 3 heterocycles. The number of aliphatic hydroxyl groups is 2. The highest BCUT2D eigenvalue weighted by atomic mass is 16.3. The van der Waals surface area contributed by atoms with E-state index in [4.69, 9.17) is 0 Å². The van der Waals surface area contributed by atoms with E-state index in [-0.39, 0.29) is 12.2 Å². The molecule has 0 aliphatic carbocycles. The Labute approximate surface area is 166 Å². The Kier molecular flexibility index (Phi) is 9.29. The highest BCUT2D eigenvalue weighted by molar-refractivity contribution is 4.78. The number of hydrogen-bond acceptors (Lipinski definition) is 6. The van der Waals surface area contributed by atoms with E-state index in [1.165, 1.54) is 38.5 Å². The van der Waals surface area contributed by atoms with Crippen LogP contribution in [0.1, 0.15) is 44.9 Å². The van der Waals surface area contributed by atoms with Gasteiger partial charge in [-0.3, -0.25) is 9.80 Å². The number of nitrogens with zero attached hydrogens (tertiary/aromatic N) is 4. The van der Waals surface area contributed by atoms with Crippen LogP contribution in [0.2, 0.25) is 0 Å². The number of aliphatic hydroxyl groups excluding tert-OH is 2. The van der Waals surface area contributed by atoms with Gasteiger partial charge < -0.3 is 20.0 Å². The molecule has 3 fully saturated rings. The Morgan fingerprint density at radius 1 is 0.407 bits per heavy atom. The summed E-state index contributed by atoms with van der Waals surface area (Å²) in [5.41, 5.74) is 0. The van der Waals surface area contributed by atoms with Crippen molar-refractivity contribution in [1.29, 1.82) is 0 Å². The predicted octanol–water partition coefficient (Wildman–Crippen LogP) is 0.688. The van der Waals surface area contributed by atoms with E-state index >= 15 is 0 Å². The molecule has 27 heavy (non-hydrogen) atoms. The zero-order valence-electron chi connectivity index (χ0n) is 17.3. The molecular formula is C21H42N4O2. The first-order chi connectivity index (χ1) is 13.2. The van der Waals surface area contributed by atoms with Crippen LogP contribution in [0.3, 0.4) is 0 Å². The van der Waals surface area contributed by atoms with E-state index < -0.39 is 0 Å². The summed E-state index contributed by atoms with van der Waals surface area (Å²) in [6, 6.07) is 0. The van der Waals surface area contributed by atoms with Crippen LogP contribution in [-0.4, -0.2) is 121 Å². The van der Waals surface area contributed by atoms with Gasteiger partial charge in [-0.05, 0) is 71.4 Å². The Morgan fingerprint density at radius 3 is 1.07 bits per heavy atom. The Balaban J connectivity index is 1.32. The van der Waals surface area contributed by atoms with Gasteiger partial charge in [-0.1, -0.05) is 12.8 Å². The van der Waals surface area contributed by atoms with Crippen LogP contribution < -0.4 is 0 Å². The Hall–Kier alpha value is -0.240. The maximum Gasteiger partial charge on any atom is 0.0793 e. The quantitative estimate of drug-likeness (QED) is 0.644. The molecule has 3 aliphatic heterocycles. The molecule has 0 aromatic rings. The van der Waals surface area contributed by atoms with Gasteiger partial charge in [-0.2, -0.15) is 0 Å². The van der Waals surface area contributed by atoms with Crippen molar-refractivity contribution >= 4 is 0 Å². The molecular weight excluding hydrogens is 340 g/mol. The van der Waals surface area contributed by atoms with Gasteiger partial charge >= 0.3 is 0 Å². The van der Waals surface area contributed by atoms with Gasteiger partial charge in [0, 0.05) is 39.3 Å². The van der Waals surface area contributed by atoms with Gasteiger partial charge in [-0.25, -0.2) is 0 Å². The fourth-order valence-electron chi connectivity index (χ4n) is 4.98. The highest BCUT2D eigenvalue weighted by Crippen LogP contribution is 2.12. The lowest BCUT2D eigenvalue weighted by atomic mass is 10.1. The van der Waals surface area contributed by atoms with E-state index in [0.717, 1.165) is 85.0 Å². The molecule has 3 rings (SSSR count). The van der Waals surface area contributed by atoms with Gasteiger partial charge in [0.25, 0.3) is 0 Å². The van der Waals surface area contributed by atoms with Crippen LogP contribution in [0.4, 0.5) is 0 Å². The molecule has 0 amide bonds. The molecule has 0 aromatic carbocycles. The smallest absolute Gasteiger partial charge is 0.0793 e. The van der Waals surface area contributed by atoms with E-state index in [2.05, 4.69) is 19.6 Å². The summed E-state index contributed by atoms with van der Waals surface area (Å²) in [6.45, 7) is 12.0. The number of piperidine rings is 2. The third-order valence-corrected chi connectivity index (χ3v) is 6.45. The predicted molar refractivity (Wildman–Crippen MR) is 110 cm³/mol. The molecule has 6 nitrogen and oxygen atoms in total. The molecule has 0 saturated carbocycles. The molecule has 0 aromatic heterocycles. The average Bonchev–Trinajstić information content (AvgIpc) is 2.88. The zero-order valence-corrected chi connectivity index (χ0v) is 17.3. The van der Waals surface area contributed by atoms with Crippen molar-refractivity contribution in [1.82, 2.24) is 19.6 Å². The number of likely N-dealkylation sites (tertiary alicyclic amines) is 2. The van der Waals surface area contributed by atoms with Crippen molar-refractivity contribution in [3.63, 3.8) is 0 Å². The first kappa shape index (κ1) is 21.5. The second kappa shape index (κ2) is 11.7. The number of β-amino-alcohol motifs (C(OH)–C–C–N with tert-alkyl or cyclic N) is 2. The standard InChI is InChI=1S/C21H42N4O2/c26-20(16-22-8-3-1-4-9-22)18-24-12-7-13-25(15-14-24)19-21(27)17-23-10-5-2-6-11-23/h20-21,26-27H,1-19H2. The molecule has 3 saturated heterocycles. The van der Waals surface area contributed by atoms with Gasteiger partial charge in [0.1, 0.15) is 0 Å². The molecule has 3 aliphatic rings. The van der Waals surface area contributed by atoms with Crippen LogP contribution in [0, 0.1) is 0 Å². The van der Waals surface area contributed by atoms with Crippen molar-refractivity contribution in [2.45, 2.75) is 57.2 Å². The monoisotopic (exact) mass is 382 g/mol. The molecule has 2 atom stereocenters. The summed E-state index contributed by atoms with van der Waals surface area (Å²) >= 11 is 0. The summed E-state index contributed by atoms with van der Waals surface area (Å²) in [6.07, 6.45) is 8.48. The molecule has 0 bridgehead atoms. The lowest BCUT2D eigenvalue weighted by Crippen LogP contribution is -2.44. The van der Waals surface area contributed by atoms with E-state index in [9.17, 15) is 10.2 Å². The second-order valence-electron chi connectivity index (χ2n) is 8.98. The van der Waals surface area contributed by atoms with Crippen molar-refractivity contribution < 1.29 is 10.2 Å². The molecule has 6 heteroatoms. The van der Waals surface area contributed by atoms with Gasteiger partial charge in [0.15, 0.2) is 0 Å². The third-order valence-electron chi connectivity index (χ3n) is 6.45. The molecule has 158 valence electrons. The first-order valence-electron chi connectivity index (χ1n) is 11.4. The number of rotatable bonds is 8. The normalized spacial score (nSPS) is 27.3. The van der Waals surface area contributed by atoms with Crippen LogP contribution >= 0.6 is 0 Å². The Bertz CT molecular complexity index is 364. The highest BCUT2D eigenvalue weighted by Gasteiger charge is 2.22. The largest absolute Gasteiger partial charge is 0.390 e. The van der Waals surface area contributed by atoms with Gasteiger partial charge in [0.05, 0.1) is 12.2 Å². The maximum atomic E-state index is 10.5. The summed E-state index contributed by atoms with van der Waals surface area (Å²) in [7, 11) is 0. The summed E-state index contributed by atoms with van der Waals surface area (Å²) < 4.78 is 0. The van der Waals surface area contributed by atoms with Crippen LogP contribution in [0.5, 0.6) is 0 Å². The first-order valence-corrected chi connectivity index (χ1v) is 11.4. The minimum absolute atomic E-state index is 0.237. The van der Waals surface area contributed by atoms with Crippen molar-refractivity contribution in [3.05, 3.63) is 0 Å². The summed E-state index contributed by atoms with van der Waals surface area (Å²) in [5.74, 6) is 0. The zero-order chi connectivity index (χ0) is 18.9. The summed E-state index contributed by atoms with van der Waals surface area (Å²) in [4.78, 5) is 9.70. The fourth-order valence-corrected chi connectivity index (χ4v) is 4.98. The third kappa shape index (κ3) is 7.95. The van der Waals surface area contributed by atoms with Crippen LogP contribution in [0.25, 0.3) is 0 Å². The van der Waals surface area contributed by atoms with Crippen molar-refractivity contribution in [2.75, 3.05) is 78.5 Å². The lowest BCUT2D eigenvalue weighted by molar-refractivity contribution is 0.0609. The van der Waals surface area contributed by atoms with Crippen LogP contribution in [0.15, 0.2) is 0 Å². The van der Waals surface area contributed by atoms with E-state index in [0.29, 0.717) is 0 Å². The maximum absolute atomic E-state index is 10.5. The molecule has 2 unspecified atom stereocenters. The fraction of sp³-hybridized carbons (Fsp3) is 1.00.